The predicted octanol–water partition coefficient (Wildman–Crippen LogP) is 2.70. The Hall–Kier alpha value is -2.87. The summed E-state index contributed by atoms with van der Waals surface area (Å²) in [4.78, 5) is 26.8. The minimum Gasteiger partial charge on any atom is -0.357 e. The third kappa shape index (κ3) is 7.10. The first-order valence-electron chi connectivity index (χ1n) is 10.2. The van der Waals surface area contributed by atoms with E-state index in [0.717, 1.165) is 17.4 Å². The van der Waals surface area contributed by atoms with Gasteiger partial charge in [0.15, 0.2) is 0 Å². The lowest BCUT2D eigenvalue weighted by Gasteiger charge is -2.29. The van der Waals surface area contributed by atoms with Gasteiger partial charge in [0.25, 0.3) is 0 Å². The zero-order valence-corrected chi connectivity index (χ0v) is 19.4. The Bertz CT molecular complexity index is 993. The molecule has 0 spiro atoms. The van der Waals surface area contributed by atoms with Crippen LogP contribution in [0, 0.1) is 6.92 Å². The highest BCUT2D eigenvalue weighted by atomic mass is 32.2. The first-order valence-corrected chi connectivity index (χ1v) is 12.1. The Morgan fingerprint density at radius 2 is 1.74 bits per heavy atom. The van der Waals surface area contributed by atoms with Gasteiger partial charge < -0.3 is 10.2 Å². The second kappa shape index (κ2) is 10.9. The van der Waals surface area contributed by atoms with Gasteiger partial charge in [-0.1, -0.05) is 48.0 Å². The zero-order valence-electron chi connectivity index (χ0n) is 18.5. The Balaban J connectivity index is 2.12. The molecule has 168 valence electrons. The highest BCUT2D eigenvalue weighted by Crippen LogP contribution is 2.18. The van der Waals surface area contributed by atoms with Crippen LogP contribution >= 0.6 is 0 Å². The lowest BCUT2D eigenvalue weighted by atomic mass is 10.1. The Morgan fingerprint density at radius 3 is 2.32 bits per heavy atom. The summed E-state index contributed by atoms with van der Waals surface area (Å²) in [7, 11) is -1.94. The number of nitrogens with one attached hydrogen (secondary N) is 1. The maximum Gasteiger partial charge on any atom is 0.242 e. The molecule has 7 nitrogen and oxygen atoms in total. The molecule has 0 unspecified atom stereocenters. The summed E-state index contributed by atoms with van der Waals surface area (Å²) in [5.74, 6) is -0.442. The van der Waals surface area contributed by atoms with Gasteiger partial charge in [0.1, 0.15) is 6.04 Å². The second-order valence-electron chi connectivity index (χ2n) is 7.58. The van der Waals surface area contributed by atoms with Crippen molar-refractivity contribution in [3.8, 4) is 0 Å². The molecule has 1 atom stereocenters. The largest absolute Gasteiger partial charge is 0.357 e. The molecule has 0 saturated carbocycles. The van der Waals surface area contributed by atoms with E-state index in [1.807, 2.05) is 37.3 Å². The lowest BCUT2D eigenvalue weighted by Crippen LogP contribution is -2.46. The van der Waals surface area contributed by atoms with E-state index in [1.54, 1.807) is 36.1 Å². The van der Waals surface area contributed by atoms with Crippen molar-refractivity contribution in [2.24, 2.45) is 0 Å². The number of aryl methyl sites for hydroxylation is 1. The average Bonchev–Trinajstić information content (AvgIpc) is 2.73. The number of benzene rings is 2. The van der Waals surface area contributed by atoms with Gasteiger partial charge >= 0.3 is 0 Å². The number of hydrogen-bond acceptors (Lipinski definition) is 4. The summed E-state index contributed by atoms with van der Waals surface area (Å²) in [6.45, 7) is 4.16. The van der Waals surface area contributed by atoms with Crippen LogP contribution in [0.25, 0.3) is 0 Å². The standard InChI is InChI=1S/C23H31N3O4S/c1-18-10-8-11-20(16-18)17-25(19(2)23(28)24-3)22(27)14-9-15-26(31(4,29)30)21-12-6-5-7-13-21/h5-8,10-13,16,19H,9,14-15,17H2,1-4H3,(H,24,28)/t19-/m0/s1. The molecule has 0 bridgehead atoms. The highest BCUT2D eigenvalue weighted by molar-refractivity contribution is 7.92. The first kappa shape index (κ1) is 24.4. The number of rotatable bonds is 10. The molecule has 0 heterocycles. The quantitative estimate of drug-likeness (QED) is 0.609. The van der Waals surface area contributed by atoms with Crippen LogP contribution in [0.3, 0.4) is 0 Å². The van der Waals surface area contributed by atoms with Crippen LogP contribution in [0.15, 0.2) is 54.6 Å². The van der Waals surface area contributed by atoms with Crippen molar-refractivity contribution in [2.45, 2.75) is 39.3 Å². The molecule has 2 aromatic rings. The number of hydrogen-bond donors (Lipinski definition) is 1. The van der Waals surface area contributed by atoms with E-state index in [-0.39, 0.29) is 24.8 Å². The normalized spacial score (nSPS) is 12.1. The number of nitrogens with zero attached hydrogens (tertiary/aromatic N) is 2. The summed E-state index contributed by atoms with van der Waals surface area (Å²) < 4.78 is 25.8. The first-order chi connectivity index (χ1) is 14.6. The lowest BCUT2D eigenvalue weighted by molar-refractivity contribution is -0.140. The molecule has 31 heavy (non-hydrogen) atoms. The Labute approximate surface area is 185 Å². The molecule has 0 aromatic heterocycles. The third-order valence-corrected chi connectivity index (χ3v) is 6.24. The number of sulfonamides is 1. The maximum atomic E-state index is 13.0. The second-order valence-corrected chi connectivity index (χ2v) is 9.48. The van der Waals surface area contributed by atoms with Crippen molar-refractivity contribution in [1.29, 1.82) is 0 Å². The summed E-state index contributed by atoms with van der Waals surface area (Å²) in [6, 6.07) is 16.0. The molecule has 0 aliphatic heterocycles. The van der Waals surface area contributed by atoms with Gasteiger partial charge in [-0.15, -0.1) is 0 Å². The van der Waals surface area contributed by atoms with Gasteiger partial charge in [-0.2, -0.15) is 0 Å². The fourth-order valence-corrected chi connectivity index (χ4v) is 4.36. The van der Waals surface area contributed by atoms with Gasteiger partial charge in [0.05, 0.1) is 11.9 Å². The van der Waals surface area contributed by atoms with Crippen molar-refractivity contribution in [3.63, 3.8) is 0 Å². The van der Waals surface area contributed by atoms with Gasteiger partial charge in [0, 0.05) is 26.6 Å². The smallest absolute Gasteiger partial charge is 0.242 e. The van der Waals surface area contributed by atoms with E-state index in [0.29, 0.717) is 18.7 Å². The van der Waals surface area contributed by atoms with Crippen LogP contribution in [0.4, 0.5) is 5.69 Å². The Kier molecular flexibility index (Phi) is 8.62. The third-order valence-electron chi connectivity index (χ3n) is 5.05. The van der Waals surface area contributed by atoms with Crippen LogP contribution in [0.5, 0.6) is 0 Å². The molecule has 2 aromatic carbocycles. The Morgan fingerprint density at radius 1 is 1.06 bits per heavy atom. The van der Waals surface area contributed by atoms with Gasteiger partial charge in [-0.3, -0.25) is 13.9 Å². The molecule has 2 amide bonds. The molecular formula is C23H31N3O4S. The molecule has 0 aliphatic rings. The zero-order chi connectivity index (χ0) is 23.0. The molecular weight excluding hydrogens is 414 g/mol. The molecule has 0 fully saturated rings. The van der Waals surface area contributed by atoms with Gasteiger partial charge in [-0.05, 0) is 38.0 Å². The summed E-state index contributed by atoms with van der Waals surface area (Å²) in [5, 5.41) is 2.59. The van der Waals surface area contributed by atoms with Gasteiger partial charge in [-0.25, -0.2) is 8.42 Å². The van der Waals surface area contributed by atoms with Crippen molar-refractivity contribution >= 4 is 27.5 Å². The fraction of sp³-hybridized carbons (Fsp3) is 0.391. The van der Waals surface area contributed by atoms with Crippen molar-refractivity contribution in [3.05, 3.63) is 65.7 Å². The van der Waals surface area contributed by atoms with E-state index in [9.17, 15) is 18.0 Å². The molecule has 0 aliphatic carbocycles. The number of carbonyl (C=O) groups excluding carboxylic acids is 2. The number of anilines is 1. The fourth-order valence-electron chi connectivity index (χ4n) is 3.40. The molecule has 0 radical (unpaired) electrons. The van der Waals surface area contributed by atoms with E-state index in [1.165, 1.54) is 11.4 Å². The number of amides is 2. The van der Waals surface area contributed by atoms with Crippen molar-refractivity contribution in [1.82, 2.24) is 10.2 Å². The van der Waals surface area contributed by atoms with Crippen molar-refractivity contribution < 1.29 is 18.0 Å². The molecule has 2 rings (SSSR count). The monoisotopic (exact) mass is 445 g/mol. The van der Waals surface area contributed by atoms with E-state index in [2.05, 4.69) is 5.32 Å². The number of carbonyl (C=O) groups is 2. The number of para-hydroxylation sites is 1. The van der Waals surface area contributed by atoms with Crippen molar-refractivity contribution in [2.75, 3.05) is 24.2 Å². The van der Waals surface area contributed by atoms with Gasteiger partial charge in [0.2, 0.25) is 21.8 Å². The molecule has 0 saturated heterocycles. The van der Waals surface area contributed by atoms with Crippen LogP contribution in [0.1, 0.15) is 30.9 Å². The minimum absolute atomic E-state index is 0.131. The minimum atomic E-state index is -3.48. The molecule has 1 N–H and O–H groups in total. The van der Waals surface area contributed by atoms with E-state index >= 15 is 0 Å². The number of likely N-dealkylation sites (N-methyl/N-ethyl adjacent to an activating group) is 1. The maximum absolute atomic E-state index is 13.0. The average molecular weight is 446 g/mol. The van der Waals surface area contributed by atoms with Crippen LogP contribution in [0.2, 0.25) is 0 Å². The van der Waals surface area contributed by atoms with Crippen LogP contribution < -0.4 is 9.62 Å². The van der Waals surface area contributed by atoms with Crippen LogP contribution in [-0.2, 0) is 26.2 Å². The predicted molar refractivity (Wildman–Crippen MR) is 123 cm³/mol. The molecule has 8 heteroatoms. The van der Waals surface area contributed by atoms with E-state index in [4.69, 9.17) is 0 Å². The van der Waals surface area contributed by atoms with Crippen LogP contribution in [-0.4, -0.2) is 51.0 Å². The topological polar surface area (TPSA) is 86.8 Å². The summed E-state index contributed by atoms with van der Waals surface area (Å²) in [6.07, 6.45) is 1.62. The summed E-state index contributed by atoms with van der Waals surface area (Å²) in [5.41, 5.74) is 2.57. The SMILES string of the molecule is CNC(=O)[C@H](C)N(Cc1cccc(C)c1)C(=O)CCCN(c1ccccc1)S(C)(=O)=O. The summed E-state index contributed by atoms with van der Waals surface area (Å²) >= 11 is 0. The van der Waals surface area contributed by atoms with E-state index < -0.39 is 16.1 Å². The highest BCUT2D eigenvalue weighted by Gasteiger charge is 2.26.